The van der Waals surface area contributed by atoms with Crippen LogP contribution in [0.15, 0.2) is 65.1 Å². The van der Waals surface area contributed by atoms with Crippen molar-refractivity contribution >= 4 is 23.9 Å². The Labute approximate surface area is 138 Å². The highest BCUT2D eigenvalue weighted by Gasteiger charge is 2.35. The van der Waals surface area contributed by atoms with E-state index in [4.69, 9.17) is 4.42 Å². The zero-order valence-electron chi connectivity index (χ0n) is 12.7. The van der Waals surface area contributed by atoms with Crippen LogP contribution in [0.4, 0.5) is 4.79 Å². The van der Waals surface area contributed by atoms with Gasteiger partial charge in [-0.1, -0.05) is 36.4 Å². The number of nitrogens with one attached hydrogen (secondary N) is 1. The summed E-state index contributed by atoms with van der Waals surface area (Å²) in [6, 6.07) is 12.1. The Morgan fingerprint density at radius 3 is 2.54 bits per heavy atom. The molecule has 1 fully saturated rings. The van der Waals surface area contributed by atoms with Gasteiger partial charge in [-0.25, -0.2) is 4.79 Å². The van der Waals surface area contributed by atoms with Crippen molar-refractivity contribution in [3.8, 4) is 11.3 Å². The standard InChI is InChI=1S/C18H14N2O4/c1-2-10-20-17(22)14(16(21)19-18(20)23)11-13-8-9-15(24-13)12-6-4-3-5-7-12/h2-9,11H,1,10H2,(H,19,21,23)/b14-11-. The predicted octanol–water partition coefficient (Wildman–Crippen LogP) is 2.59. The number of hydrogen-bond donors (Lipinski definition) is 1. The average Bonchev–Trinajstić information content (AvgIpc) is 3.05. The van der Waals surface area contributed by atoms with Crippen LogP contribution in [0.25, 0.3) is 17.4 Å². The highest BCUT2D eigenvalue weighted by atomic mass is 16.3. The second-order valence-corrected chi connectivity index (χ2v) is 5.09. The van der Waals surface area contributed by atoms with Gasteiger partial charge >= 0.3 is 6.03 Å². The highest BCUT2D eigenvalue weighted by molar-refractivity contribution is 6.30. The molecule has 6 heteroatoms. The van der Waals surface area contributed by atoms with Crippen LogP contribution in [-0.4, -0.2) is 29.3 Å². The lowest BCUT2D eigenvalue weighted by Gasteiger charge is -2.24. The first-order valence-electron chi connectivity index (χ1n) is 7.25. The molecule has 0 radical (unpaired) electrons. The Hall–Kier alpha value is -3.41. The highest BCUT2D eigenvalue weighted by Crippen LogP contribution is 2.24. The maximum atomic E-state index is 12.3. The monoisotopic (exact) mass is 322 g/mol. The molecule has 0 atom stereocenters. The lowest BCUT2D eigenvalue weighted by atomic mass is 10.1. The van der Waals surface area contributed by atoms with Crippen LogP contribution < -0.4 is 5.32 Å². The van der Waals surface area contributed by atoms with Crippen LogP contribution >= 0.6 is 0 Å². The number of rotatable bonds is 4. The van der Waals surface area contributed by atoms with Gasteiger partial charge in [0.25, 0.3) is 11.8 Å². The van der Waals surface area contributed by atoms with E-state index in [0.717, 1.165) is 10.5 Å². The van der Waals surface area contributed by atoms with Gasteiger partial charge in [-0.05, 0) is 18.2 Å². The first-order chi connectivity index (χ1) is 11.6. The molecule has 24 heavy (non-hydrogen) atoms. The number of urea groups is 1. The first kappa shape index (κ1) is 15.5. The van der Waals surface area contributed by atoms with Crippen molar-refractivity contribution in [1.29, 1.82) is 0 Å². The smallest absolute Gasteiger partial charge is 0.331 e. The van der Waals surface area contributed by atoms with E-state index in [1.165, 1.54) is 12.2 Å². The van der Waals surface area contributed by atoms with E-state index in [0.29, 0.717) is 11.5 Å². The third-order valence-corrected chi connectivity index (χ3v) is 3.47. The molecule has 0 aliphatic carbocycles. The van der Waals surface area contributed by atoms with Crippen molar-refractivity contribution in [2.45, 2.75) is 0 Å². The van der Waals surface area contributed by atoms with Gasteiger partial charge in [0.2, 0.25) is 0 Å². The van der Waals surface area contributed by atoms with Crippen LogP contribution in [0.3, 0.4) is 0 Å². The quantitative estimate of drug-likeness (QED) is 0.533. The molecule has 4 amide bonds. The van der Waals surface area contributed by atoms with Crippen molar-refractivity contribution in [2.75, 3.05) is 6.54 Å². The van der Waals surface area contributed by atoms with Gasteiger partial charge in [0.05, 0.1) is 0 Å². The van der Waals surface area contributed by atoms with Gasteiger partial charge in [0, 0.05) is 12.1 Å². The summed E-state index contributed by atoms with van der Waals surface area (Å²) in [5, 5.41) is 2.12. The molecule has 0 bridgehead atoms. The number of barbiturate groups is 1. The zero-order valence-corrected chi connectivity index (χ0v) is 12.7. The van der Waals surface area contributed by atoms with Crippen molar-refractivity contribution < 1.29 is 18.8 Å². The Morgan fingerprint density at radius 1 is 1.08 bits per heavy atom. The molecule has 6 nitrogen and oxygen atoms in total. The minimum absolute atomic E-state index is 0.0166. The van der Waals surface area contributed by atoms with Gasteiger partial charge in [-0.2, -0.15) is 0 Å². The fourth-order valence-electron chi connectivity index (χ4n) is 2.32. The number of benzene rings is 1. The molecular formula is C18H14N2O4. The largest absolute Gasteiger partial charge is 0.457 e. The lowest BCUT2D eigenvalue weighted by Crippen LogP contribution is -2.54. The third-order valence-electron chi connectivity index (χ3n) is 3.47. The van der Waals surface area contributed by atoms with Gasteiger partial charge in [-0.3, -0.25) is 19.8 Å². The Morgan fingerprint density at radius 2 is 1.83 bits per heavy atom. The number of furan rings is 1. The predicted molar refractivity (Wildman–Crippen MR) is 87.6 cm³/mol. The molecule has 0 saturated carbocycles. The molecule has 1 saturated heterocycles. The third kappa shape index (κ3) is 2.89. The number of nitrogens with zero attached hydrogens (tertiary/aromatic N) is 1. The summed E-state index contributed by atoms with van der Waals surface area (Å²) in [6.45, 7) is 3.51. The number of hydrogen-bond acceptors (Lipinski definition) is 4. The Balaban J connectivity index is 1.91. The second kappa shape index (κ2) is 6.37. The van der Waals surface area contributed by atoms with Crippen LogP contribution in [0.2, 0.25) is 0 Å². The number of carbonyl (C=O) groups is 3. The van der Waals surface area contributed by atoms with Crippen LogP contribution in [0.5, 0.6) is 0 Å². The molecule has 1 N–H and O–H groups in total. The fourth-order valence-corrected chi connectivity index (χ4v) is 2.32. The van der Waals surface area contributed by atoms with E-state index in [9.17, 15) is 14.4 Å². The molecule has 120 valence electrons. The topological polar surface area (TPSA) is 79.6 Å². The van der Waals surface area contributed by atoms with E-state index < -0.39 is 17.8 Å². The maximum absolute atomic E-state index is 12.3. The van der Waals surface area contributed by atoms with E-state index in [1.54, 1.807) is 12.1 Å². The summed E-state index contributed by atoms with van der Waals surface area (Å²) < 4.78 is 5.66. The molecule has 1 aliphatic rings. The second-order valence-electron chi connectivity index (χ2n) is 5.09. The molecule has 1 aromatic carbocycles. The summed E-state index contributed by atoms with van der Waals surface area (Å²) in [5.74, 6) is -0.463. The van der Waals surface area contributed by atoms with Gasteiger partial charge in [0.1, 0.15) is 17.1 Å². The summed E-state index contributed by atoms with van der Waals surface area (Å²) in [5.41, 5.74) is 0.718. The number of imide groups is 2. The first-order valence-corrected chi connectivity index (χ1v) is 7.25. The fraction of sp³-hybridized carbons (Fsp3) is 0.0556. The van der Waals surface area contributed by atoms with Crippen molar-refractivity contribution in [3.05, 3.63) is 66.5 Å². The van der Waals surface area contributed by atoms with Gasteiger partial charge < -0.3 is 4.42 Å². The molecule has 1 aromatic heterocycles. The zero-order chi connectivity index (χ0) is 17.1. The molecule has 0 spiro atoms. The van der Waals surface area contributed by atoms with Crippen LogP contribution in [0, 0.1) is 0 Å². The number of carbonyl (C=O) groups excluding carboxylic acids is 3. The maximum Gasteiger partial charge on any atom is 0.331 e. The summed E-state index contributed by atoms with van der Waals surface area (Å²) in [6.07, 6.45) is 2.73. The van der Waals surface area contributed by atoms with E-state index in [1.807, 2.05) is 30.3 Å². The van der Waals surface area contributed by atoms with E-state index in [2.05, 4.69) is 11.9 Å². The minimum atomic E-state index is -0.758. The Kier molecular flexibility index (Phi) is 4.11. The average molecular weight is 322 g/mol. The van der Waals surface area contributed by atoms with Gasteiger partial charge in [-0.15, -0.1) is 6.58 Å². The van der Waals surface area contributed by atoms with E-state index >= 15 is 0 Å². The molecule has 3 rings (SSSR count). The van der Waals surface area contributed by atoms with Crippen LogP contribution in [-0.2, 0) is 9.59 Å². The normalized spacial score (nSPS) is 16.4. The molecule has 1 aliphatic heterocycles. The van der Waals surface area contributed by atoms with Crippen molar-refractivity contribution in [3.63, 3.8) is 0 Å². The summed E-state index contributed by atoms with van der Waals surface area (Å²) in [4.78, 5) is 36.8. The van der Waals surface area contributed by atoms with E-state index in [-0.39, 0.29) is 12.1 Å². The van der Waals surface area contributed by atoms with Gasteiger partial charge in [0.15, 0.2) is 0 Å². The summed E-state index contributed by atoms with van der Waals surface area (Å²) in [7, 11) is 0. The van der Waals surface area contributed by atoms with Crippen molar-refractivity contribution in [1.82, 2.24) is 10.2 Å². The molecule has 2 heterocycles. The minimum Gasteiger partial charge on any atom is -0.457 e. The lowest BCUT2D eigenvalue weighted by molar-refractivity contribution is -0.129. The Bertz CT molecular complexity index is 849. The van der Waals surface area contributed by atoms with Crippen molar-refractivity contribution in [2.24, 2.45) is 0 Å². The van der Waals surface area contributed by atoms with Crippen LogP contribution in [0.1, 0.15) is 5.76 Å². The number of amides is 4. The molecule has 2 aromatic rings. The molecular weight excluding hydrogens is 308 g/mol. The molecule has 0 unspecified atom stereocenters. The summed E-state index contributed by atoms with van der Waals surface area (Å²) >= 11 is 0. The SMILES string of the molecule is C=CCN1C(=O)NC(=O)/C(=C/c2ccc(-c3ccccc3)o2)C1=O.